The Morgan fingerprint density at radius 3 is 1.73 bits per heavy atom. The second kappa shape index (κ2) is 14.2. The van der Waals surface area contributed by atoms with Crippen LogP contribution in [0.2, 0.25) is 0 Å². The van der Waals surface area contributed by atoms with Gasteiger partial charge in [-0.1, -0.05) is 48.5 Å². The smallest absolute Gasteiger partial charge is 0.407 e. The zero-order valence-electron chi connectivity index (χ0n) is 25.7. The molecule has 0 saturated carbocycles. The van der Waals surface area contributed by atoms with E-state index in [4.69, 9.17) is 4.74 Å². The minimum atomic E-state index is -1.10. The van der Waals surface area contributed by atoms with Crippen LogP contribution in [0.5, 0.6) is 0 Å². The van der Waals surface area contributed by atoms with Gasteiger partial charge in [0.05, 0.1) is 0 Å². The fourth-order valence-corrected chi connectivity index (χ4v) is 5.63. The van der Waals surface area contributed by atoms with E-state index in [0.29, 0.717) is 12.8 Å². The van der Waals surface area contributed by atoms with Gasteiger partial charge >= 0.3 is 12.1 Å². The van der Waals surface area contributed by atoms with Crippen LogP contribution in [-0.4, -0.2) is 89.1 Å². The van der Waals surface area contributed by atoms with Crippen molar-refractivity contribution >= 4 is 35.7 Å². The highest BCUT2D eigenvalue weighted by Crippen LogP contribution is 2.44. The Hall–Kier alpha value is -4.94. The lowest BCUT2D eigenvalue weighted by atomic mass is 9.98. The molecular weight excluding hydrogens is 582 g/mol. The summed E-state index contributed by atoms with van der Waals surface area (Å²) in [5.74, 6) is -3.72. The van der Waals surface area contributed by atoms with Gasteiger partial charge in [-0.05, 0) is 62.8 Å². The van der Waals surface area contributed by atoms with E-state index in [1.165, 1.54) is 32.6 Å². The second-order valence-corrected chi connectivity index (χ2v) is 11.4. The van der Waals surface area contributed by atoms with Gasteiger partial charge in [-0.25, -0.2) is 9.59 Å². The largest absolute Gasteiger partial charge is 0.480 e. The molecule has 240 valence electrons. The summed E-state index contributed by atoms with van der Waals surface area (Å²) < 4.78 is 5.48. The molecular formula is C32H39N5O8. The number of fused-ring (bicyclic) bond motifs is 3. The SMILES string of the molecule is C[C@H](NC(=O)OCC1c2ccccc2-c2ccccc21)C(=O)N[C@@H](C)C(=O)N[C@@H](C)C(=O)N[C@@H](C)C(=O)N1CCC[C@H]1C(=O)O. The predicted octanol–water partition coefficient (Wildman–Crippen LogP) is 1.50. The van der Waals surface area contributed by atoms with Gasteiger partial charge in [0.1, 0.15) is 36.8 Å². The number of alkyl carbamates (subject to hydrolysis) is 1. The maximum atomic E-state index is 12.7. The van der Waals surface area contributed by atoms with Crippen molar-refractivity contribution in [3.05, 3.63) is 59.7 Å². The van der Waals surface area contributed by atoms with E-state index < -0.39 is 65.9 Å². The number of amides is 5. The zero-order valence-corrected chi connectivity index (χ0v) is 25.7. The highest BCUT2D eigenvalue weighted by Gasteiger charge is 2.37. The molecule has 1 saturated heterocycles. The lowest BCUT2D eigenvalue weighted by Gasteiger charge is -2.26. The maximum absolute atomic E-state index is 12.7. The van der Waals surface area contributed by atoms with Gasteiger partial charge in [-0.2, -0.15) is 0 Å². The van der Waals surface area contributed by atoms with Gasteiger partial charge in [0, 0.05) is 12.5 Å². The average molecular weight is 622 g/mol. The molecule has 45 heavy (non-hydrogen) atoms. The van der Waals surface area contributed by atoms with E-state index in [9.17, 15) is 33.9 Å². The number of benzene rings is 2. The number of hydrogen-bond donors (Lipinski definition) is 5. The predicted molar refractivity (Wildman–Crippen MR) is 163 cm³/mol. The van der Waals surface area contributed by atoms with Crippen LogP contribution in [0.25, 0.3) is 11.1 Å². The summed E-state index contributed by atoms with van der Waals surface area (Å²) in [7, 11) is 0. The standard InChI is InChI=1S/C32H39N5O8/c1-17(27(38)33-18(2)28(39)35-20(4)30(41)37-15-9-14-26(37)31(42)43)34-29(40)19(3)36-32(44)45-16-25-23-12-7-5-10-21(23)22-11-6-8-13-24(22)25/h5-8,10-13,17-20,25-26H,9,14-16H2,1-4H3,(H,33,38)(H,34,40)(H,35,39)(H,36,44)(H,42,43)/t17-,18-,19-,20-,26-/m0/s1. The number of ether oxygens (including phenoxy) is 1. The molecule has 13 nitrogen and oxygen atoms in total. The Labute approximate surface area is 261 Å². The highest BCUT2D eigenvalue weighted by atomic mass is 16.5. The second-order valence-electron chi connectivity index (χ2n) is 11.4. The van der Waals surface area contributed by atoms with Crippen molar-refractivity contribution in [1.29, 1.82) is 0 Å². The molecule has 5 N–H and O–H groups in total. The van der Waals surface area contributed by atoms with Crippen LogP contribution < -0.4 is 21.3 Å². The molecule has 1 heterocycles. The lowest BCUT2D eigenvalue weighted by molar-refractivity contribution is -0.149. The molecule has 2 aliphatic rings. The molecule has 2 aromatic rings. The minimum Gasteiger partial charge on any atom is -0.480 e. The number of carboxylic acids is 1. The number of carbonyl (C=O) groups excluding carboxylic acids is 5. The van der Waals surface area contributed by atoms with Crippen LogP contribution in [0.1, 0.15) is 57.6 Å². The number of carboxylic acid groups (broad SMARTS) is 1. The number of likely N-dealkylation sites (tertiary alicyclic amines) is 1. The molecule has 1 aliphatic heterocycles. The van der Waals surface area contributed by atoms with Crippen LogP contribution >= 0.6 is 0 Å². The molecule has 5 amide bonds. The van der Waals surface area contributed by atoms with Crippen molar-refractivity contribution in [2.24, 2.45) is 0 Å². The van der Waals surface area contributed by atoms with Gasteiger partial charge in [-0.15, -0.1) is 0 Å². The van der Waals surface area contributed by atoms with Crippen molar-refractivity contribution in [3.8, 4) is 11.1 Å². The summed E-state index contributed by atoms with van der Waals surface area (Å²) in [5, 5.41) is 19.3. The van der Waals surface area contributed by atoms with Crippen LogP contribution in [0.3, 0.4) is 0 Å². The van der Waals surface area contributed by atoms with E-state index >= 15 is 0 Å². The number of nitrogens with zero attached hydrogens (tertiary/aromatic N) is 1. The summed E-state index contributed by atoms with van der Waals surface area (Å²) in [6.07, 6.45) is 0.117. The number of carbonyl (C=O) groups is 6. The Morgan fingerprint density at radius 1 is 0.756 bits per heavy atom. The van der Waals surface area contributed by atoms with Crippen molar-refractivity contribution in [3.63, 3.8) is 0 Å². The first kappa shape index (κ1) is 33.0. The van der Waals surface area contributed by atoms with Crippen molar-refractivity contribution in [2.75, 3.05) is 13.2 Å². The van der Waals surface area contributed by atoms with Gasteiger partial charge in [0.2, 0.25) is 23.6 Å². The van der Waals surface area contributed by atoms with Gasteiger partial charge < -0.3 is 36.0 Å². The summed E-state index contributed by atoms with van der Waals surface area (Å²) in [5.41, 5.74) is 4.29. The number of nitrogens with one attached hydrogen (secondary N) is 4. The van der Waals surface area contributed by atoms with Crippen LogP contribution in [0.4, 0.5) is 4.79 Å². The van der Waals surface area contributed by atoms with Crippen molar-refractivity contribution in [1.82, 2.24) is 26.2 Å². The topological polar surface area (TPSA) is 183 Å². The number of rotatable bonds is 11. The fourth-order valence-electron chi connectivity index (χ4n) is 5.63. The first-order valence-corrected chi connectivity index (χ1v) is 14.9. The third kappa shape index (κ3) is 7.59. The van der Waals surface area contributed by atoms with Gasteiger partial charge in [0.25, 0.3) is 0 Å². The Bertz CT molecular complexity index is 1430. The third-order valence-corrected chi connectivity index (χ3v) is 8.13. The number of hydrogen-bond acceptors (Lipinski definition) is 7. The monoisotopic (exact) mass is 621 g/mol. The highest BCUT2D eigenvalue weighted by molar-refractivity contribution is 5.95. The molecule has 13 heteroatoms. The first-order chi connectivity index (χ1) is 21.4. The summed E-state index contributed by atoms with van der Waals surface area (Å²) >= 11 is 0. The zero-order chi connectivity index (χ0) is 32.8. The molecule has 0 radical (unpaired) electrons. The lowest BCUT2D eigenvalue weighted by Crippen LogP contribution is -2.56. The fraction of sp³-hybridized carbons (Fsp3) is 0.438. The Kier molecular flexibility index (Phi) is 10.4. The van der Waals surface area contributed by atoms with E-state index in [1.807, 2.05) is 48.5 Å². The normalized spacial score (nSPS) is 18.0. The van der Waals surface area contributed by atoms with Crippen molar-refractivity contribution in [2.45, 2.75) is 76.7 Å². The van der Waals surface area contributed by atoms with E-state index in [2.05, 4.69) is 21.3 Å². The van der Waals surface area contributed by atoms with Gasteiger partial charge in [-0.3, -0.25) is 19.2 Å². The Morgan fingerprint density at radius 2 is 1.22 bits per heavy atom. The summed E-state index contributed by atoms with van der Waals surface area (Å²) in [6, 6.07) is 10.8. The third-order valence-electron chi connectivity index (χ3n) is 8.13. The molecule has 2 aromatic carbocycles. The maximum Gasteiger partial charge on any atom is 0.407 e. The molecule has 0 aromatic heterocycles. The first-order valence-electron chi connectivity index (χ1n) is 14.9. The summed E-state index contributed by atoms with van der Waals surface area (Å²) in [6.45, 7) is 6.09. The number of aliphatic carboxylic acids is 1. The van der Waals surface area contributed by atoms with E-state index in [1.54, 1.807) is 0 Å². The van der Waals surface area contributed by atoms with Crippen molar-refractivity contribution < 1.29 is 38.6 Å². The molecule has 5 atom stereocenters. The van der Waals surface area contributed by atoms with Gasteiger partial charge in [0.15, 0.2) is 0 Å². The molecule has 0 spiro atoms. The molecule has 4 rings (SSSR count). The van der Waals surface area contributed by atoms with Crippen LogP contribution in [-0.2, 0) is 28.7 Å². The van der Waals surface area contributed by atoms with E-state index in [-0.39, 0.29) is 19.1 Å². The molecule has 1 fully saturated rings. The summed E-state index contributed by atoms with van der Waals surface area (Å²) in [4.78, 5) is 75.9. The van der Waals surface area contributed by atoms with Crippen LogP contribution in [0.15, 0.2) is 48.5 Å². The average Bonchev–Trinajstić information content (AvgIpc) is 3.63. The Balaban J connectivity index is 1.21. The molecule has 1 aliphatic carbocycles. The minimum absolute atomic E-state index is 0.0787. The molecule has 0 bridgehead atoms. The quantitative estimate of drug-likeness (QED) is 0.250. The van der Waals surface area contributed by atoms with E-state index in [0.717, 1.165) is 22.3 Å². The van der Waals surface area contributed by atoms with Crippen LogP contribution in [0, 0.1) is 0 Å². The molecule has 0 unspecified atom stereocenters.